The minimum absolute atomic E-state index is 0.150. The Balaban J connectivity index is 2.04. The monoisotopic (exact) mass is 531 g/mol. The Labute approximate surface area is 215 Å². The summed E-state index contributed by atoms with van der Waals surface area (Å²) in [6.45, 7) is -0.834. The predicted octanol–water partition coefficient (Wildman–Crippen LogP) is 3.63. The van der Waals surface area contributed by atoms with Gasteiger partial charge in [-0.15, -0.1) is 0 Å². The van der Waals surface area contributed by atoms with Crippen LogP contribution in [0.4, 0.5) is 10.1 Å². The molecular weight excluding hydrogens is 505 g/mol. The van der Waals surface area contributed by atoms with Crippen LogP contribution in [0.25, 0.3) is 0 Å². The molecule has 0 aliphatic rings. The number of hydrogen-bond donors (Lipinski definition) is 1. The lowest BCUT2D eigenvalue weighted by Gasteiger charge is -2.33. The number of amides is 2. The molecule has 0 fully saturated rings. The zero-order valence-electron chi connectivity index (χ0n) is 19.9. The molecule has 1 atom stereocenters. The fourth-order valence-corrected chi connectivity index (χ4v) is 4.80. The highest BCUT2D eigenvalue weighted by Gasteiger charge is 2.33. The minimum atomic E-state index is -3.90. The van der Waals surface area contributed by atoms with Crippen LogP contribution in [0.2, 0.25) is 5.02 Å². The van der Waals surface area contributed by atoms with Crippen LogP contribution in [0.5, 0.6) is 0 Å². The molecule has 0 aliphatic heterocycles. The van der Waals surface area contributed by atoms with Crippen LogP contribution in [0, 0.1) is 5.82 Å². The van der Waals surface area contributed by atoms with E-state index in [9.17, 15) is 22.4 Å². The first kappa shape index (κ1) is 27.2. The molecule has 0 aliphatic carbocycles. The number of nitrogens with one attached hydrogen (secondary N) is 1. The number of anilines is 1. The standard InChI is InChI=1S/C26H27ClFN3O4S/c1-29-26(33)24(15-19-9-4-3-5-10-19)30(17-20-11-6-7-14-23(20)28)25(32)18-31(36(2,34)35)22-13-8-12-21(27)16-22/h3-14,16,24H,15,17-18H2,1-2H3,(H,29,33). The van der Waals surface area contributed by atoms with Gasteiger partial charge in [-0.25, -0.2) is 12.8 Å². The van der Waals surface area contributed by atoms with E-state index in [0.717, 1.165) is 16.1 Å². The van der Waals surface area contributed by atoms with Crippen LogP contribution in [0.1, 0.15) is 11.1 Å². The van der Waals surface area contributed by atoms with Gasteiger partial charge in [-0.2, -0.15) is 0 Å². The lowest BCUT2D eigenvalue weighted by atomic mass is 10.0. The van der Waals surface area contributed by atoms with E-state index < -0.39 is 40.2 Å². The van der Waals surface area contributed by atoms with Crippen LogP contribution in [0.3, 0.4) is 0 Å². The first-order chi connectivity index (χ1) is 17.1. The van der Waals surface area contributed by atoms with E-state index >= 15 is 0 Å². The van der Waals surface area contributed by atoms with Crippen molar-refractivity contribution in [3.63, 3.8) is 0 Å². The number of nitrogens with zero attached hydrogens (tertiary/aromatic N) is 2. The van der Waals surface area contributed by atoms with Crippen molar-refractivity contribution in [3.05, 3.63) is 101 Å². The third-order valence-corrected chi connectivity index (χ3v) is 6.97. The van der Waals surface area contributed by atoms with Crippen LogP contribution in [-0.2, 0) is 32.6 Å². The Bertz CT molecular complexity index is 1320. The Hall–Kier alpha value is -3.43. The molecule has 0 aromatic heterocycles. The summed E-state index contributed by atoms with van der Waals surface area (Å²) in [7, 11) is -2.46. The summed E-state index contributed by atoms with van der Waals surface area (Å²) in [5.74, 6) is -1.68. The van der Waals surface area contributed by atoms with Gasteiger partial charge >= 0.3 is 0 Å². The number of rotatable bonds is 10. The zero-order chi connectivity index (χ0) is 26.3. The average Bonchev–Trinajstić information content (AvgIpc) is 2.85. The Morgan fingerprint density at radius 3 is 2.28 bits per heavy atom. The summed E-state index contributed by atoms with van der Waals surface area (Å²) in [4.78, 5) is 27.9. The molecule has 3 aromatic carbocycles. The summed E-state index contributed by atoms with van der Waals surface area (Å²) in [6, 6.07) is 20.1. The predicted molar refractivity (Wildman–Crippen MR) is 139 cm³/mol. The molecule has 0 spiro atoms. The highest BCUT2D eigenvalue weighted by atomic mass is 35.5. The number of carbonyl (C=O) groups excluding carboxylic acids is 2. The largest absolute Gasteiger partial charge is 0.357 e. The van der Waals surface area contributed by atoms with E-state index in [1.807, 2.05) is 30.3 Å². The van der Waals surface area contributed by atoms with Crippen LogP contribution in [0.15, 0.2) is 78.9 Å². The number of benzene rings is 3. The molecule has 7 nitrogen and oxygen atoms in total. The normalized spacial score (nSPS) is 12.0. The van der Waals surface area contributed by atoms with Crippen molar-refractivity contribution < 1.29 is 22.4 Å². The Morgan fingerprint density at radius 2 is 1.67 bits per heavy atom. The molecule has 0 saturated carbocycles. The third-order valence-electron chi connectivity index (χ3n) is 5.59. The number of carbonyl (C=O) groups is 2. The van der Waals surface area contributed by atoms with Crippen molar-refractivity contribution in [2.45, 2.75) is 19.0 Å². The van der Waals surface area contributed by atoms with Gasteiger partial charge in [0.2, 0.25) is 21.8 Å². The molecule has 36 heavy (non-hydrogen) atoms. The van der Waals surface area contributed by atoms with Crippen LogP contribution in [-0.4, -0.2) is 51.0 Å². The van der Waals surface area contributed by atoms with Gasteiger partial charge in [0, 0.05) is 30.6 Å². The van der Waals surface area contributed by atoms with Gasteiger partial charge in [-0.3, -0.25) is 13.9 Å². The van der Waals surface area contributed by atoms with E-state index in [4.69, 9.17) is 11.6 Å². The Morgan fingerprint density at radius 1 is 1.00 bits per heavy atom. The molecule has 190 valence electrons. The molecule has 0 saturated heterocycles. The van der Waals surface area contributed by atoms with Crippen LogP contribution >= 0.6 is 11.6 Å². The fourth-order valence-electron chi connectivity index (χ4n) is 3.78. The first-order valence-corrected chi connectivity index (χ1v) is 13.3. The van der Waals surface area contributed by atoms with Crippen molar-refractivity contribution in [2.75, 3.05) is 24.2 Å². The average molecular weight is 532 g/mol. The number of hydrogen-bond acceptors (Lipinski definition) is 4. The molecule has 0 bridgehead atoms. The maximum Gasteiger partial charge on any atom is 0.244 e. The second-order valence-electron chi connectivity index (χ2n) is 8.18. The molecule has 0 radical (unpaired) electrons. The molecule has 0 heterocycles. The van der Waals surface area contributed by atoms with Crippen molar-refractivity contribution >= 4 is 39.1 Å². The maximum absolute atomic E-state index is 14.6. The quantitative estimate of drug-likeness (QED) is 0.433. The number of likely N-dealkylation sites (N-methyl/N-ethyl adjacent to an activating group) is 1. The first-order valence-electron chi connectivity index (χ1n) is 11.1. The van der Waals surface area contributed by atoms with E-state index in [1.165, 1.54) is 42.3 Å². The van der Waals surface area contributed by atoms with Gasteiger partial charge < -0.3 is 10.2 Å². The molecule has 10 heteroatoms. The van der Waals surface area contributed by atoms with Gasteiger partial charge in [0.25, 0.3) is 0 Å². The van der Waals surface area contributed by atoms with Crippen molar-refractivity contribution in [1.82, 2.24) is 10.2 Å². The molecule has 2 amide bonds. The summed E-state index contributed by atoms with van der Waals surface area (Å²) >= 11 is 6.05. The second kappa shape index (κ2) is 12.0. The molecule has 3 rings (SSSR count). The van der Waals surface area contributed by atoms with Crippen molar-refractivity contribution in [1.29, 1.82) is 0 Å². The topological polar surface area (TPSA) is 86.8 Å². The smallest absolute Gasteiger partial charge is 0.244 e. The number of sulfonamides is 1. The molecule has 1 N–H and O–H groups in total. The lowest BCUT2D eigenvalue weighted by Crippen LogP contribution is -2.53. The zero-order valence-corrected chi connectivity index (χ0v) is 21.5. The van der Waals surface area contributed by atoms with Crippen molar-refractivity contribution in [2.24, 2.45) is 0 Å². The summed E-state index contributed by atoms with van der Waals surface area (Å²) in [5.41, 5.74) is 1.18. The summed E-state index contributed by atoms with van der Waals surface area (Å²) < 4.78 is 40.8. The third kappa shape index (κ3) is 7.05. The Kier molecular flexibility index (Phi) is 9.06. The van der Waals surface area contributed by atoms with E-state index in [0.29, 0.717) is 5.02 Å². The summed E-state index contributed by atoms with van der Waals surface area (Å²) in [5, 5.41) is 2.86. The van der Waals surface area contributed by atoms with Crippen molar-refractivity contribution in [3.8, 4) is 0 Å². The summed E-state index contributed by atoms with van der Waals surface area (Å²) in [6.07, 6.45) is 1.12. The molecule has 1 unspecified atom stereocenters. The molecular formula is C26H27ClFN3O4S. The highest BCUT2D eigenvalue weighted by molar-refractivity contribution is 7.92. The van der Waals surface area contributed by atoms with Gasteiger partial charge in [0.1, 0.15) is 18.4 Å². The highest BCUT2D eigenvalue weighted by Crippen LogP contribution is 2.23. The number of halogens is 2. The van der Waals surface area contributed by atoms with E-state index in [1.54, 1.807) is 18.2 Å². The lowest BCUT2D eigenvalue weighted by molar-refractivity contribution is -0.139. The fraction of sp³-hybridized carbons (Fsp3) is 0.231. The van der Waals surface area contributed by atoms with E-state index in [-0.39, 0.29) is 24.2 Å². The van der Waals surface area contributed by atoms with E-state index in [2.05, 4.69) is 5.32 Å². The second-order valence-corrected chi connectivity index (χ2v) is 10.5. The van der Waals surface area contributed by atoms with Crippen LogP contribution < -0.4 is 9.62 Å². The minimum Gasteiger partial charge on any atom is -0.357 e. The molecule has 3 aromatic rings. The maximum atomic E-state index is 14.6. The van der Waals surface area contributed by atoms with Gasteiger partial charge in [0.05, 0.1) is 11.9 Å². The van der Waals surface area contributed by atoms with Gasteiger partial charge in [0.15, 0.2) is 0 Å². The SMILES string of the molecule is CNC(=O)C(Cc1ccccc1)N(Cc1ccccc1F)C(=O)CN(c1cccc(Cl)c1)S(C)(=O)=O. The van der Waals surface area contributed by atoms with Gasteiger partial charge in [-0.05, 0) is 29.8 Å². The van der Waals surface area contributed by atoms with Gasteiger partial charge in [-0.1, -0.05) is 66.2 Å².